The fourth-order valence-electron chi connectivity index (χ4n) is 4.14. The monoisotopic (exact) mass is 296 g/mol. The maximum Gasteiger partial charge on any atom is 0.244 e. The highest BCUT2D eigenvalue weighted by atomic mass is 16.5. The number of carbonyl (C=O) groups is 1. The molecule has 3 aliphatic rings. The lowest BCUT2D eigenvalue weighted by molar-refractivity contribution is -0.137. The first-order valence-electron chi connectivity index (χ1n) is 8.36. The van der Waals surface area contributed by atoms with Crippen LogP contribution in [0.4, 0.5) is 0 Å². The molecule has 1 amide bonds. The number of amides is 1. The van der Waals surface area contributed by atoms with E-state index in [-0.39, 0.29) is 17.3 Å². The first-order valence-corrected chi connectivity index (χ1v) is 8.36. The number of methoxy groups -OCH3 is 1. The number of rotatable bonds is 5. The van der Waals surface area contributed by atoms with E-state index in [1.807, 2.05) is 4.90 Å². The molecule has 3 rings (SSSR count). The van der Waals surface area contributed by atoms with Gasteiger partial charge in [-0.25, -0.2) is 0 Å². The number of nitrogens with zero attached hydrogens (tertiary/aromatic N) is 1. The highest BCUT2D eigenvalue weighted by Gasteiger charge is 2.54. The van der Waals surface area contributed by atoms with E-state index >= 15 is 0 Å². The van der Waals surface area contributed by atoms with Crippen LogP contribution in [0.5, 0.6) is 0 Å². The predicted octanol–water partition coefficient (Wildman–Crippen LogP) is 1.66. The Kier molecular flexibility index (Phi) is 4.26. The topological polar surface area (TPSA) is 50.8 Å². The van der Waals surface area contributed by atoms with Crippen LogP contribution < -0.4 is 5.32 Å². The summed E-state index contributed by atoms with van der Waals surface area (Å²) in [5.74, 6) is 0.293. The first kappa shape index (κ1) is 15.3. The molecule has 2 saturated heterocycles. The van der Waals surface area contributed by atoms with Gasteiger partial charge in [-0.3, -0.25) is 10.1 Å². The van der Waals surface area contributed by atoms with Crippen LogP contribution in [0.2, 0.25) is 0 Å². The van der Waals surface area contributed by atoms with E-state index in [9.17, 15) is 4.79 Å². The molecule has 2 aliphatic heterocycles. The van der Waals surface area contributed by atoms with Crippen molar-refractivity contribution in [2.75, 3.05) is 26.9 Å². The van der Waals surface area contributed by atoms with E-state index in [0.717, 1.165) is 51.6 Å². The molecule has 1 saturated carbocycles. The molecule has 0 aromatic heterocycles. The van der Waals surface area contributed by atoms with Crippen LogP contribution in [0.15, 0.2) is 0 Å². The number of hydrogen-bond acceptors (Lipinski definition) is 4. The maximum atomic E-state index is 13.0. The Labute approximate surface area is 127 Å². The molecular formula is C16H28N2O3. The molecule has 2 heterocycles. The second-order valence-corrected chi connectivity index (χ2v) is 6.86. The summed E-state index contributed by atoms with van der Waals surface area (Å²) in [6.45, 7) is 4.16. The summed E-state index contributed by atoms with van der Waals surface area (Å²) in [5.41, 5.74) is -0.596. The van der Waals surface area contributed by atoms with Gasteiger partial charge in [0.15, 0.2) is 0 Å². The molecule has 1 spiro atoms. The third-order valence-electron chi connectivity index (χ3n) is 5.47. The van der Waals surface area contributed by atoms with Gasteiger partial charge in [0.2, 0.25) is 5.91 Å². The van der Waals surface area contributed by atoms with E-state index in [4.69, 9.17) is 9.47 Å². The lowest BCUT2D eigenvalue weighted by Gasteiger charge is -2.34. The van der Waals surface area contributed by atoms with E-state index in [2.05, 4.69) is 12.2 Å². The molecule has 21 heavy (non-hydrogen) atoms. The van der Waals surface area contributed by atoms with Crippen LogP contribution in [0.25, 0.3) is 0 Å². The van der Waals surface area contributed by atoms with Crippen molar-refractivity contribution in [1.29, 1.82) is 0 Å². The third-order valence-corrected chi connectivity index (χ3v) is 5.47. The van der Waals surface area contributed by atoms with Crippen molar-refractivity contribution in [1.82, 2.24) is 10.2 Å². The zero-order chi connectivity index (χ0) is 14.9. The predicted molar refractivity (Wildman–Crippen MR) is 79.9 cm³/mol. The lowest BCUT2D eigenvalue weighted by atomic mass is 9.97. The lowest BCUT2D eigenvalue weighted by Crippen LogP contribution is -2.50. The SMILES string of the molecule is CCCC1NC2(CCCC2)C(=O)N1CC1(OC)CCOC1. The summed E-state index contributed by atoms with van der Waals surface area (Å²) in [6, 6.07) is 0. The highest BCUT2D eigenvalue weighted by molar-refractivity contribution is 5.89. The third kappa shape index (κ3) is 2.60. The average molecular weight is 296 g/mol. The first-order chi connectivity index (χ1) is 10.1. The van der Waals surface area contributed by atoms with Crippen molar-refractivity contribution in [3.05, 3.63) is 0 Å². The Morgan fingerprint density at radius 1 is 1.38 bits per heavy atom. The summed E-state index contributed by atoms with van der Waals surface area (Å²) in [7, 11) is 1.74. The molecule has 120 valence electrons. The molecule has 0 aromatic carbocycles. The molecule has 5 nitrogen and oxygen atoms in total. The van der Waals surface area contributed by atoms with E-state index in [1.54, 1.807) is 7.11 Å². The molecule has 2 atom stereocenters. The highest BCUT2D eigenvalue weighted by Crippen LogP contribution is 2.38. The van der Waals surface area contributed by atoms with Crippen LogP contribution in [-0.2, 0) is 14.3 Å². The van der Waals surface area contributed by atoms with Gasteiger partial charge in [0.25, 0.3) is 0 Å². The second-order valence-electron chi connectivity index (χ2n) is 6.86. The van der Waals surface area contributed by atoms with Gasteiger partial charge < -0.3 is 14.4 Å². The molecule has 5 heteroatoms. The minimum atomic E-state index is -0.312. The van der Waals surface area contributed by atoms with Crippen molar-refractivity contribution in [2.45, 2.75) is 69.2 Å². The normalized spacial score (nSPS) is 35.2. The number of ether oxygens (including phenoxy) is 2. The summed E-state index contributed by atoms with van der Waals surface area (Å²) < 4.78 is 11.3. The van der Waals surface area contributed by atoms with Gasteiger partial charge in [-0.05, 0) is 19.3 Å². The van der Waals surface area contributed by atoms with Crippen molar-refractivity contribution < 1.29 is 14.3 Å². The minimum absolute atomic E-state index is 0.160. The van der Waals surface area contributed by atoms with Gasteiger partial charge in [-0.2, -0.15) is 0 Å². The standard InChI is InChI=1S/C16H28N2O3/c1-3-6-13-17-16(7-4-5-8-16)14(19)18(13)11-15(20-2)9-10-21-12-15/h13,17H,3-12H2,1-2H3. The summed E-state index contributed by atoms with van der Waals surface area (Å²) in [6.07, 6.45) is 7.40. The molecule has 0 radical (unpaired) electrons. The quantitative estimate of drug-likeness (QED) is 0.838. The van der Waals surface area contributed by atoms with Crippen molar-refractivity contribution in [3.8, 4) is 0 Å². The van der Waals surface area contributed by atoms with Crippen molar-refractivity contribution >= 4 is 5.91 Å². The molecular weight excluding hydrogens is 268 g/mol. The maximum absolute atomic E-state index is 13.0. The van der Waals surface area contributed by atoms with Gasteiger partial charge in [0.05, 0.1) is 24.9 Å². The Morgan fingerprint density at radius 2 is 2.14 bits per heavy atom. The fraction of sp³-hybridized carbons (Fsp3) is 0.938. The molecule has 3 fully saturated rings. The van der Waals surface area contributed by atoms with Crippen LogP contribution in [-0.4, -0.2) is 55.0 Å². The summed E-state index contributed by atoms with van der Waals surface area (Å²) in [5, 5.41) is 3.66. The van der Waals surface area contributed by atoms with Gasteiger partial charge in [0.1, 0.15) is 5.60 Å². The second kappa shape index (κ2) is 5.86. The zero-order valence-electron chi connectivity index (χ0n) is 13.3. The van der Waals surface area contributed by atoms with Gasteiger partial charge in [0, 0.05) is 20.1 Å². The number of hydrogen-bond donors (Lipinski definition) is 1. The smallest absolute Gasteiger partial charge is 0.244 e. The van der Waals surface area contributed by atoms with E-state index in [1.165, 1.54) is 0 Å². The average Bonchev–Trinajstić information content (AvgIpc) is 3.19. The van der Waals surface area contributed by atoms with Crippen LogP contribution in [0.1, 0.15) is 51.9 Å². The number of nitrogens with one attached hydrogen (secondary N) is 1. The Balaban J connectivity index is 1.79. The van der Waals surface area contributed by atoms with Gasteiger partial charge in [-0.15, -0.1) is 0 Å². The minimum Gasteiger partial charge on any atom is -0.378 e. The largest absolute Gasteiger partial charge is 0.378 e. The van der Waals surface area contributed by atoms with Gasteiger partial charge in [-0.1, -0.05) is 26.2 Å². The molecule has 0 bridgehead atoms. The van der Waals surface area contributed by atoms with Crippen LogP contribution in [0.3, 0.4) is 0 Å². The Morgan fingerprint density at radius 3 is 2.71 bits per heavy atom. The Hall–Kier alpha value is -0.650. The van der Waals surface area contributed by atoms with E-state index < -0.39 is 0 Å². The molecule has 1 aliphatic carbocycles. The molecule has 1 N–H and O–H groups in total. The van der Waals surface area contributed by atoms with Gasteiger partial charge >= 0.3 is 0 Å². The zero-order valence-corrected chi connectivity index (χ0v) is 13.3. The summed E-state index contributed by atoms with van der Waals surface area (Å²) >= 11 is 0. The molecule has 2 unspecified atom stereocenters. The van der Waals surface area contributed by atoms with Crippen LogP contribution in [0, 0.1) is 0 Å². The van der Waals surface area contributed by atoms with Crippen LogP contribution >= 0.6 is 0 Å². The van der Waals surface area contributed by atoms with Crippen molar-refractivity contribution in [3.63, 3.8) is 0 Å². The summed E-state index contributed by atoms with van der Waals surface area (Å²) in [4.78, 5) is 15.1. The fourth-order valence-corrected chi connectivity index (χ4v) is 4.14. The Bertz CT molecular complexity index is 387. The number of carbonyl (C=O) groups excluding carboxylic acids is 1. The van der Waals surface area contributed by atoms with E-state index in [0.29, 0.717) is 19.1 Å². The molecule has 0 aromatic rings. The van der Waals surface area contributed by atoms with Crippen molar-refractivity contribution in [2.24, 2.45) is 0 Å².